The number of rotatable bonds is 6. The van der Waals surface area contributed by atoms with Crippen LogP contribution in [0, 0.1) is 0 Å². The van der Waals surface area contributed by atoms with Crippen LogP contribution in [-0.4, -0.2) is 39.5 Å². The molecule has 2 heterocycles. The molecule has 0 N–H and O–H groups in total. The Morgan fingerprint density at radius 2 is 2.03 bits per heavy atom. The molecule has 154 valence electrons. The number of allylic oxidation sites excluding steroid dienone is 1. The second-order valence-electron chi connectivity index (χ2n) is 7.43. The molecule has 0 bridgehead atoms. The Morgan fingerprint density at radius 1 is 1.17 bits per heavy atom. The van der Waals surface area contributed by atoms with Gasteiger partial charge in [0.25, 0.3) is 5.91 Å². The molecule has 1 atom stereocenters. The van der Waals surface area contributed by atoms with Crippen LogP contribution < -0.4 is 4.74 Å². The first kappa shape index (κ1) is 19.9. The molecule has 1 saturated heterocycles. The largest absolute Gasteiger partial charge is 0.497 e. The van der Waals surface area contributed by atoms with E-state index in [9.17, 15) is 4.79 Å². The number of carbonyl (C=O) groups is 1. The zero-order valence-corrected chi connectivity index (χ0v) is 17.1. The SMILES string of the molecule is COc1cccc(C2CCCCN2C(=O)c2cn(CC=Cc3ccccc3)nn2)c1. The highest BCUT2D eigenvalue weighted by Gasteiger charge is 2.30. The van der Waals surface area contributed by atoms with Gasteiger partial charge < -0.3 is 9.64 Å². The van der Waals surface area contributed by atoms with Gasteiger partial charge in [0.1, 0.15) is 5.75 Å². The van der Waals surface area contributed by atoms with Gasteiger partial charge in [0, 0.05) is 6.54 Å². The second kappa shape index (κ2) is 9.39. The number of aromatic nitrogens is 3. The van der Waals surface area contributed by atoms with Crippen LogP contribution in [-0.2, 0) is 6.54 Å². The van der Waals surface area contributed by atoms with Crippen molar-refractivity contribution in [3.63, 3.8) is 0 Å². The van der Waals surface area contributed by atoms with Gasteiger partial charge in [-0.05, 0) is 42.5 Å². The summed E-state index contributed by atoms with van der Waals surface area (Å²) in [5, 5.41) is 8.28. The molecule has 6 nitrogen and oxygen atoms in total. The van der Waals surface area contributed by atoms with Gasteiger partial charge in [0.2, 0.25) is 0 Å². The normalized spacial score (nSPS) is 16.7. The molecule has 2 aromatic carbocycles. The van der Waals surface area contributed by atoms with Gasteiger partial charge in [-0.1, -0.05) is 59.8 Å². The number of methoxy groups -OCH3 is 1. The summed E-state index contributed by atoms with van der Waals surface area (Å²) in [7, 11) is 1.66. The van der Waals surface area contributed by atoms with Gasteiger partial charge in [-0.3, -0.25) is 4.79 Å². The lowest BCUT2D eigenvalue weighted by Gasteiger charge is -2.35. The van der Waals surface area contributed by atoms with Gasteiger partial charge in [0.05, 0.1) is 25.9 Å². The Hall–Kier alpha value is -3.41. The van der Waals surface area contributed by atoms with Crippen LogP contribution in [0.2, 0.25) is 0 Å². The number of hydrogen-bond donors (Lipinski definition) is 0. The molecule has 0 radical (unpaired) electrons. The Kier molecular flexibility index (Phi) is 6.23. The third-order valence-electron chi connectivity index (χ3n) is 5.40. The van der Waals surface area contributed by atoms with Crippen molar-refractivity contribution < 1.29 is 9.53 Å². The smallest absolute Gasteiger partial charge is 0.276 e. The van der Waals surface area contributed by atoms with Crippen LogP contribution in [0.5, 0.6) is 5.75 Å². The van der Waals surface area contributed by atoms with Crippen LogP contribution in [0.3, 0.4) is 0 Å². The van der Waals surface area contributed by atoms with Crippen LogP contribution in [0.4, 0.5) is 0 Å². The fraction of sp³-hybridized carbons (Fsp3) is 0.292. The van der Waals surface area contributed by atoms with Crippen molar-refractivity contribution in [1.82, 2.24) is 19.9 Å². The highest BCUT2D eigenvalue weighted by atomic mass is 16.5. The van der Waals surface area contributed by atoms with Gasteiger partial charge in [0.15, 0.2) is 5.69 Å². The maximum atomic E-state index is 13.2. The molecule has 1 amide bonds. The van der Waals surface area contributed by atoms with Crippen molar-refractivity contribution in [2.24, 2.45) is 0 Å². The molecule has 1 unspecified atom stereocenters. The van der Waals surface area contributed by atoms with Crippen LogP contribution in [0.1, 0.15) is 46.9 Å². The number of amides is 1. The van der Waals surface area contributed by atoms with Gasteiger partial charge in [-0.25, -0.2) is 4.68 Å². The minimum Gasteiger partial charge on any atom is -0.497 e. The summed E-state index contributed by atoms with van der Waals surface area (Å²) in [6, 6.07) is 18.1. The summed E-state index contributed by atoms with van der Waals surface area (Å²) in [6.07, 6.45) is 8.81. The van der Waals surface area contributed by atoms with E-state index >= 15 is 0 Å². The molecule has 4 rings (SSSR count). The average Bonchev–Trinajstić information content (AvgIpc) is 3.28. The average molecular weight is 402 g/mol. The van der Waals surface area contributed by atoms with Crippen molar-refractivity contribution in [3.05, 3.63) is 83.7 Å². The predicted molar refractivity (Wildman–Crippen MR) is 116 cm³/mol. The minimum absolute atomic E-state index is 0.0319. The summed E-state index contributed by atoms with van der Waals surface area (Å²) in [6.45, 7) is 1.29. The first-order chi connectivity index (χ1) is 14.7. The first-order valence-corrected chi connectivity index (χ1v) is 10.3. The van der Waals surface area contributed by atoms with E-state index in [0.717, 1.165) is 42.7 Å². The van der Waals surface area contributed by atoms with Crippen molar-refractivity contribution in [1.29, 1.82) is 0 Å². The van der Waals surface area contributed by atoms with E-state index in [1.165, 1.54) is 0 Å². The highest BCUT2D eigenvalue weighted by molar-refractivity contribution is 5.92. The monoisotopic (exact) mass is 402 g/mol. The highest BCUT2D eigenvalue weighted by Crippen LogP contribution is 2.33. The van der Waals surface area contributed by atoms with E-state index in [-0.39, 0.29) is 11.9 Å². The zero-order chi connectivity index (χ0) is 20.8. The maximum absolute atomic E-state index is 13.2. The summed E-state index contributed by atoms with van der Waals surface area (Å²) in [5.41, 5.74) is 2.61. The lowest BCUT2D eigenvalue weighted by molar-refractivity contribution is 0.0605. The van der Waals surface area contributed by atoms with Gasteiger partial charge in [-0.15, -0.1) is 5.10 Å². The third kappa shape index (κ3) is 4.59. The topological polar surface area (TPSA) is 60.2 Å². The van der Waals surface area contributed by atoms with Crippen LogP contribution in [0.15, 0.2) is 66.9 Å². The Balaban J connectivity index is 1.46. The number of piperidine rings is 1. The van der Waals surface area contributed by atoms with Crippen LogP contribution >= 0.6 is 0 Å². The molecule has 0 saturated carbocycles. The fourth-order valence-corrected chi connectivity index (χ4v) is 3.86. The van der Waals surface area contributed by atoms with Crippen molar-refractivity contribution in [3.8, 4) is 5.75 Å². The Bertz CT molecular complexity index is 1010. The number of nitrogens with zero attached hydrogens (tertiary/aromatic N) is 4. The van der Waals surface area contributed by atoms with Crippen molar-refractivity contribution >= 4 is 12.0 Å². The molecule has 0 spiro atoms. The third-order valence-corrected chi connectivity index (χ3v) is 5.40. The molecule has 3 aromatic rings. The number of ether oxygens (including phenoxy) is 1. The van der Waals surface area contributed by atoms with E-state index in [0.29, 0.717) is 12.2 Å². The number of benzene rings is 2. The van der Waals surface area contributed by atoms with E-state index in [1.807, 2.05) is 65.6 Å². The van der Waals surface area contributed by atoms with Crippen molar-refractivity contribution in [2.75, 3.05) is 13.7 Å². The number of carbonyl (C=O) groups excluding carboxylic acids is 1. The molecule has 6 heteroatoms. The zero-order valence-electron chi connectivity index (χ0n) is 17.1. The molecule has 1 aliphatic heterocycles. The van der Waals surface area contributed by atoms with E-state index in [1.54, 1.807) is 18.0 Å². The maximum Gasteiger partial charge on any atom is 0.276 e. The fourth-order valence-electron chi connectivity index (χ4n) is 3.86. The molecule has 1 aliphatic rings. The number of likely N-dealkylation sites (tertiary alicyclic amines) is 1. The first-order valence-electron chi connectivity index (χ1n) is 10.3. The minimum atomic E-state index is -0.0687. The second-order valence-corrected chi connectivity index (χ2v) is 7.43. The molecular weight excluding hydrogens is 376 g/mol. The lowest BCUT2D eigenvalue weighted by atomic mass is 9.94. The van der Waals surface area contributed by atoms with Gasteiger partial charge >= 0.3 is 0 Å². The van der Waals surface area contributed by atoms with Gasteiger partial charge in [-0.2, -0.15) is 0 Å². The Morgan fingerprint density at radius 3 is 2.87 bits per heavy atom. The lowest BCUT2D eigenvalue weighted by Crippen LogP contribution is -2.38. The quantitative estimate of drug-likeness (QED) is 0.614. The molecular formula is C24H26N4O2. The summed E-state index contributed by atoms with van der Waals surface area (Å²) in [5.74, 6) is 0.738. The summed E-state index contributed by atoms with van der Waals surface area (Å²) < 4.78 is 7.05. The predicted octanol–water partition coefficient (Wildman–Crippen LogP) is 4.37. The molecule has 30 heavy (non-hydrogen) atoms. The summed E-state index contributed by atoms with van der Waals surface area (Å²) in [4.78, 5) is 15.1. The standard InChI is InChI=1S/C24H26N4O2/c1-30-21-13-7-12-20(17-21)23-14-5-6-16-28(23)24(29)22-18-27(26-25-22)15-8-11-19-9-3-2-4-10-19/h2-4,7-13,17-18,23H,5-6,14-16H2,1H3. The molecule has 0 aliphatic carbocycles. The molecule has 1 fully saturated rings. The Labute approximate surface area is 176 Å². The van der Waals surface area contributed by atoms with E-state index in [4.69, 9.17) is 4.74 Å². The molecule has 1 aromatic heterocycles. The summed E-state index contributed by atoms with van der Waals surface area (Å²) >= 11 is 0. The van der Waals surface area contributed by atoms with Crippen LogP contribution in [0.25, 0.3) is 6.08 Å². The van der Waals surface area contributed by atoms with E-state index < -0.39 is 0 Å². The number of hydrogen-bond acceptors (Lipinski definition) is 4. The van der Waals surface area contributed by atoms with Crippen molar-refractivity contribution in [2.45, 2.75) is 31.8 Å². The van der Waals surface area contributed by atoms with E-state index in [2.05, 4.69) is 16.4 Å².